The lowest BCUT2D eigenvalue weighted by Crippen LogP contribution is -2.31. The fraction of sp³-hybridized carbons (Fsp3) is 0.136. The number of hydrogen-bond acceptors (Lipinski definition) is 4. The van der Waals surface area contributed by atoms with Crippen LogP contribution in [0.2, 0.25) is 10.0 Å². The van der Waals surface area contributed by atoms with Gasteiger partial charge >= 0.3 is 5.97 Å². The molecule has 3 aromatic rings. The van der Waals surface area contributed by atoms with Gasteiger partial charge in [-0.25, -0.2) is 4.98 Å². The van der Waals surface area contributed by atoms with Crippen molar-refractivity contribution in [3.63, 3.8) is 0 Å². The van der Waals surface area contributed by atoms with Crippen molar-refractivity contribution >= 4 is 35.1 Å². The van der Waals surface area contributed by atoms with Crippen LogP contribution in [0.25, 0.3) is 11.3 Å². The Bertz CT molecular complexity index is 1090. The maximum absolute atomic E-state index is 12.9. The third-order valence-corrected chi connectivity index (χ3v) is 4.95. The molecule has 2 aromatic carbocycles. The molecule has 1 atom stereocenters. The van der Waals surface area contributed by atoms with Crippen LogP contribution >= 0.6 is 23.2 Å². The summed E-state index contributed by atoms with van der Waals surface area (Å²) in [6, 6.07) is 16.1. The number of aromatic nitrogens is 1. The van der Waals surface area contributed by atoms with Crippen LogP contribution in [0.1, 0.15) is 28.5 Å². The van der Waals surface area contributed by atoms with E-state index in [1.54, 1.807) is 54.6 Å². The summed E-state index contributed by atoms with van der Waals surface area (Å²) in [5.41, 5.74) is 1.74. The van der Waals surface area contributed by atoms with Crippen molar-refractivity contribution < 1.29 is 19.4 Å². The number of methoxy groups -OCH3 is 1. The predicted octanol–water partition coefficient (Wildman–Crippen LogP) is 5.01. The van der Waals surface area contributed by atoms with Crippen molar-refractivity contribution in [2.24, 2.45) is 0 Å². The highest BCUT2D eigenvalue weighted by Crippen LogP contribution is 2.30. The average Bonchev–Trinajstić information content (AvgIpc) is 2.72. The molecule has 1 amide bonds. The molecule has 0 aliphatic heterocycles. The monoisotopic (exact) mass is 444 g/mol. The lowest BCUT2D eigenvalue weighted by atomic mass is 10.0. The Morgan fingerprint density at radius 1 is 1.10 bits per heavy atom. The first-order valence-corrected chi connectivity index (χ1v) is 9.72. The van der Waals surface area contributed by atoms with E-state index in [1.807, 2.05) is 0 Å². The molecular weight excluding hydrogens is 427 g/mol. The molecule has 0 saturated carbocycles. The first-order chi connectivity index (χ1) is 14.4. The molecule has 1 heterocycles. The highest BCUT2D eigenvalue weighted by Gasteiger charge is 2.22. The summed E-state index contributed by atoms with van der Waals surface area (Å²) < 4.78 is 5.36. The lowest BCUT2D eigenvalue weighted by Gasteiger charge is -2.19. The number of carbonyl (C=O) groups is 2. The Labute approximate surface area is 183 Å². The first-order valence-electron chi connectivity index (χ1n) is 8.97. The Kier molecular flexibility index (Phi) is 6.92. The third kappa shape index (κ3) is 5.09. The van der Waals surface area contributed by atoms with E-state index in [0.29, 0.717) is 32.6 Å². The van der Waals surface area contributed by atoms with Gasteiger partial charge in [0.25, 0.3) is 5.91 Å². The van der Waals surface area contributed by atoms with Crippen LogP contribution in [-0.4, -0.2) is 29.1 Å². The maximum Gasteiger partial charge on any atom is 0.305 e. The Hall–Kier alpha value is -3.09. The van der Waals surface area contributed by atoms with Crippen LogP contribution < -0.4 is 10.1 Å². The number of halogens is 2. The Balaban J connectivity index is 1.94. The van der Waals surface area contributed by atoms with Gasteiger partial charge in [0, 0.05) is 15.6 Å². The standard InChI is InChI=1S/C22H18Cl2N2O4/c1-30-19-10-9-17(25-21(19)13-5-4-6-14(23)11-13)22(29)26-18(12-20(27)28)15-7-2-3-8-16(15)24/h2-11,18H,12H2,1H3,(H,26,29)(H,27,28). The fourth-order valence-corrected chi connectivity index (χ4v) is 3.44. The van der Waals surface area contributed by atoms with Gasteiger partial charge in [-0.2, -0.15) is 0 Å². The topological polar surface area (TPSA) is 88.5 Å². The van der Waals surface area contributed by atoms with E-state index < -0.39 is 17.9 Å². The lowest BCUT2D eigenvalue weighted by molar-refractivity contribution is -0.137. The molecule has 30 heavy (non-hydrogen) atoms. The molecule has 0 saturated heterocycles. The quantitative estimate of drug-likeness (QED) is 0.534. The predicted molar refractivity (Wildman–Crippen MR) is 115 cm³/mol. The molecule has 0 bridgehead atoms. The molecule has 2 N–H and O–H groups in total. The minimum Gasteiger partial charge on any atom is -0.494 e. The number of carboxylic acids is 1. The van der Waals surface area contributed by atoms with Crippen molar-refractivity contribution in [1.82, 2.24) is 10.3 Å². The highest BCUT2D eigenvalue weighted by molar-refractivity contribution is 6.31. The zero-order chi connectivity index (χ0) is 21.7. The Morgan fingerprint density at radius 2 is 1.87 bits per heavy atom. The first kappa shape index (κ1) is 21.6. The third-order valence-electron chi connectivity index (χ3n) is 4.37. The summed E-state index contributed by atoms with van der Waals surface area (Å²) in [6.45, 7) is 0. The molecule has 0 aliphatic rings. The molecule has 3 rings (SSSR count). The number of carboxylic acid groups (broad SMARTS) is 1. The van der Waals surface area contributed by atoms with Crippen molar-refractivity contribution in [1.29, 1.82) is 0 Å². The summed E-state index contributed by atoms with van der Waals surface area (Å²) in [7, 11) is 1.51. The van der Waals surface area contributed by atoms with E-state index in [0.717, 1.165) is 0 Å². The van der Waals surface area contributed by atoms with Gasteiger partial charge in [0.2, 0.25) is 0 Å². The van der Waals surface area contributed by atoms with Crippen molar-refractivity contribution in [3.05, 3.63) is 82.0 Å². The number of amides is 1. The highest BCUT2D eigenvalue weighted by atomic mass is 35.5. The zero-order valence-electron chi connectivity index (χ0n) is 15.9. The van der Waals surface area contributed by atoms with Crippen LogP contribution in [0, 0.1) is 0 Å². The summed E-state index contributed by atoms with van der Waals surface area (Å²) >= 11 is 12.3. The Morgan fingerprint density at radius 3 is 2.53 bits per heavy atom. The number of nitrogens with zero attached hydrogens (tertiary/aromatic N) is 1. The number of hydrogen-bond donors (Lipinski definition) is 2. The summed E-state index contributed by atoms with van der Waals surface area (Å²) in [4.78, 5) is 28.6. The molecule has 8 heteroatoms. The van der Waals surface area contributed by atoms with Gasteiger partial charge in [-0.1, -0.05) is 53.5 Å². The minimum atomic E-state index is -1.07. The SMILES string of the molecule is COc1ccc(C(=O)NC(CC(=O)O)c2ccccc2Cl)nc1-c1cccc(Cl)c1. The van der Waals surface area contributed by atoms with E-state index >= 15 is 0 Å². The van der Waals surface area contributed by atoms with Gasteiger partial charge in [-0.15, -0.1) is 0 Å². The average molecular weight is 445 g/mol. The van der Waals surface area contributed by atoms with Crippen LogP contribution in [-0.2, 0) is 4.79 Å². The number of rotatable bonds is 7. The van der Waals surface area contributed by atoms with E-state index in [2.05, 4.69) is 10.3 Å². The number of aliphatic carboxylic acids is 1. The van der Waals surface area contributed by atoms with Crippen LogP contribution in [0.15, 0.2) is 60.7 Å². The summed E-state index contributed by atoms with van der Waals surface area (Å²) in [6.07, 6.45) is -0.327. The zero-order valence-corrected chi connectivity index (χ0v) is 17.4. The smallest absolute Gasteiger partial charge is 0.305 e. The molecule has 6 nitrogen and oxygen atoms in total. The molecule has 1 unspecified atom stereocenters. The second kappa shape index (κ2) is 9.61. The largest absolute Gasteiger partial charge is 0.494 e. The molecular formula is C22H18Cl2N2O4. The molecule has 0 spiro atoms. The molecule has 154 valence electrons. The van der Waals surface area contributed by atoms with Crippen molar-refractivity contribution in [2.75, 3.05) is 7.11 Å². The normalized spacial score (nSPS) is 11.6. The second-order valence-corrected chi connectivity index (χ2v) is 7.25. The molecule has 0 fully saturated rings. The number of ether oxygens (including phenoxy) is 1. The van der Waals surface area contributed by atoms with Crippen LogP contribution in [0.5, 0.6) is 5.75 Å². The van der Waals surface area contributed by atoms with Gasteiger partial charge in [0.05, 0.1) is 19.6 Å². The van der Waals surface area contributed by atoms with E-state index in [-0.39, 0.29) is 12.1 Å². The number of carbonyl (C=O) groups excluding carboxylic acids is 1. The van der Waals surface area contributed by atoms with Crippen molar-refractivity contribution in [2.45, 2.75) is 12.5 Å². The number of nitrogens with one attached hydrogen (secondary N) is 1. The summed E-state index contributed by atoms with van der Waals surface area (Å²) in [5, 5.41) is 12.9. The van der Waals surface area contributed by atoms with Crippen molar-refractivity contribution in [3.8, 4) is 17.0 Å². The maximum atomic E-state index is 12.9. The van der Waals surface area contributed by atoms with Crippen LogP contribution in [0.4, 0.5) is 0 Å². The molecule has 1 aromatic heterocycles. The van der Waals surface area contributed by atoms with E-state index in [9.17, 15) is 14.7 Å². The van der Waals surface area contributed by atoms with E-state index in [1.165, 1.54) is 13.2 Å². The van der Waals surface area contributed by atoms with Gasteiger partial charge in [-0.3, -0.25) is 9.59 Å². The van der Waals surface area contributed by atoms with Gasteiger partial charge < -0.3 is 15.2 Å². The van der Waals surface area contributed by atoms with Gasteiger partial charge in [-0.05, 0) is 35.9 Å². The fourth-order valence-electron chi connectivity index (χ4n) is 2.98. The number of benzene rings is 2. The second-order valence-electron chi connectivity index (χ2n) is 6.40. The van der Waals surface area contributed by atoms with Gasteiger partial charge in [0.1, 0.15) is 17.1 Å². The number of pyridine rings is 1. The van der Waals surface area contributed by atoms with E-state index in [4.69, 9.17) is 27.9 Å². The minimum absolute atomic E-state index is 0.105. The summed E-state index contributed by atoms with van der Waals surface area (Å²) in [5.74, 6) is -1.13. The molecule has 0 radical (unpaired) electrons. The van der Waals surface area contributed by atoms with Crippen LogP contribution in [0.3, 0.4) is 0 Å². The molecule has 0 aliphatic carbocycles. The van der Waals surface area contributed by atoms with Gasteiger partial charge in [0.15, 0.2) is 0 Å².